The summed E-state index contributed by atoms with van der Waals surface area (Å²) in [4.78, 5) is 4.10. The third-order valence-corrected chi connectivity index (χ3v) is 5.15. The van der Waals surface area contributed by atoms with Gasteiger partial charge in [0, 0.05) is 36.9 Å². The van der Waals surface area contributed by atoms with Crippen molar-refractivity contribution < 1.29 is 13.2 Å². The number of anilines is 2. The van der Waals surface area contributed by atoms with Crippen LogP contribution in [0.2, 0.25) is 5.02 Å². The molecule has 0 amide bonds. The summed E-state index contributed by atoms with van der Waals surface area (Å²) >= 11 is 11.4. The highest BCUT2D eigenvalue weighted by Gasteiger charge is 2.33. The van der Waals surface area contributed by atoms with E-state index in [0.717, 1.165) is 17.3 Å². The van der Waals surface area contributed by atoms with Gasteiger partial charge in [-0.15, -0.1) is 0 Å². The lowest BCUT2D eigenvalue weighted by Gasteiger charge is -2.38. The van der Waals surface area contributed by atoms with Crippen LogP contribution < -0.4 is 10.2 Å². The molecule has 0 bridgehead atoms. The van der Waals surface area contributed by atoms with Crippen molar-refractivity contribution >= 4 is 40.3 Å². The van der Waals surface area contributed by atoms with E-state index in [2.05, 4.69) is 10.2 Å². The monoisotopic (exact) mass is 413 g/mol. The Balaban J connectivity index is 1.65. The second-order valence-corrected chi connectivity index (χ2v) is 7.20. The quantitative estimate of drug-likeness (QED) is 0.683. The number of benzene rings is 2. The molecule has 1 fully saturated rings. The molecule has 0 atom stereocenters. The SMILES string of the molecule is Cc1ccc(Cl)cc1N1CCN(C(=S)Nc2ccccc2C(F)(F)F)CC1. The lowest BCUT2D eigenvalue weighted by atomic mass is 10.1. The van der Waals surface area contributed by atoms with Crippen LogP contribution in [-0.4, -0.2) is 36.2 Å². The summed E-state index contributed by atoms with van der Waals surface area (Å²) < 4.78 is 39.4. The lowest BCUT2D eigenvalue weighted by molar-refractivity contribution is -0.136. The van der Waals surface area contributed by atoms with E-state index < -0.39 is 11.7 Å². The van der Waals surface area contributed by atoms with E-state index in [1.807, 2.05) is 30.0 Å². The second-order valence-electron chi connectivity index (χ2n) is 6.38. The number of alkyl halides is 3. The zero-order valence-corrected chi connectivity index (χ0v) is 16.3. The predicted octanol–water partition coefficient (Wildman–Crippen LogP) is 5.19. The van der Waals surface area contributed by atoms with Crippen LogP contribution in [0.4, 0.5) is 24.5 Å². The van der Waals surface area contributed by atoms with Crippen LogP contribution in [0, 0.1) is 6.92 Å². The van der Waals surface area contributed by atoms with Gasteiger partial charge in [-0.25, -0.2) is 0 Å². The smallest absolute Gasteiger partial charge is 0.368 e. The first kappa shape index (κ1) is 19.8. The zero-order chi connectivity index (χ0) is 19.6. The molecule has 1 aliphatic heterocycles. The van der Waals surface area contributed by atoms with Crippen molar-refractivity contribution in [2.75, 3.05) is 36.4 Å². The van der Waals surface area contributed by atoms with Crippen LogP contribution in [0.5, 0.6) is 0 Å². The van der Waals surface area contributed by atoms with Gasteiger partial charge in [-0.3, -0.25) is 0 Å². The van der Waals surface area contributed by atoms with E-state index in [4.69, 9.17) is 23.8 Å². The van der Waals surface area contributed by atoms with E-state index in [1.165, 1.54) is 12.1 Å². The summed E-state index contributed by atoms with van der Waals surface area (Å²) in [5, 5.41) is 3.74. The van der Waals surface area contributed by atoms with Crippen LogP contribution >= 0.6 is 23.8 Å². The minimum atomic E-state index is -4.43. The Bertz CT molecular complexity index is 833. The summed E-state index contributed by atoms with van der Waals surface area (Å²) in [6, 6.07) is 11.1. The average Bonchev–Trinajstić information content (AvgIpc) is 2.63. The van der Waals surface area contributed by atoms with Crippen molar-refractivity contribution in [2.24, 2.45) is 0 Å². The number of aryl methyl sites for hydroxylation is 1. The molecule has 1 heterocycles. The minimum Gasteiger partial charge on any atom is -0.368 e. The van der Waals surface area contributed by atoms with Gasteiger partial charge in [0.15, 0.2) is 5.11 Å². The molecule has 3 rings (SSSR count). The minimum absolute atomic E-state index is 0.0249. The van der Waals surface area contributed by atoms with Gasteiger partial charge in [-0.1, -0.05) is 29.8 Å². The van der Waals surface area contributed by atoms with Crippen LogP contribution in [0.1, 0.15) is 11.1 Å². The van der Waals surface area contributed by atoms with Crippen molar-refractivity contribution in [3.63, 3.8) is 0 Å². The molecular formula is C19H19ClF3N3S. The average molecular weight is 414 g/mol. The number of nitrogens with one attached hydrogen (secondary N) is 1. The molecule has 8 heteroatoms. The molecule has 0 aromatic heterocycles. The van der Waals surface area contributed by atoms with Gasteiger partial charge in [0.05, 0.1) is 11.3 Å². The fraction of sp³-hybridized carbons (Fsp3) is 0.316. The summed E-state index contributed by atoms with van der Waals surface area (Å²) in [6.07, 6.45) is -4.43. The first-order valence-corrected chi connectivity index (χ1v) is 9.27. The van der Waals surface area contributed by atoms with Gasteiger partial charge in [0.25, 0.3) is 0 Å². The maximum atomic E-state index is 13.1. The van der Waals surface area contributed by atoms with Crippen molar-refractivity contribution in [3.8, 4) is 0 Å². The second kappa shape index (κ2) is 7.94. The van der Waals surface area contributed by atoms with E-state index in [1.54, 1.807) is 6.07 Å². The number of para-hydroxylation sites is 1. The molecule has 144 valence electrons. The third-order valence-electron chi connectivity index (χ3n) is 4.55. The van der Waals surface area contributed by atoms with Crippen molar-refractivity contribution in [2.45, 2.75) is 13.1 Å². The molecule has 0 aliphatic carbocycles. The van der Waals surface area contributed by atoms with E-state index in [-0.39, 0.29) is 5.69 Å². The standard InChI is InChI=1S/C19H19ClF3N3S/c1-13-6-7-14(20)12-17(13)25-8-10-26(11-9-25)18(27)24-16-5-3-2-4-15(16)19(21,22)23/h2-7,12H,8-11H2,1H3,(H,24,27). The Hall–Kier alpha value is -1.99. The molecule has 0 saturated carbocycles. The van der Waals surface area contributed by atoms with Gasteiger partial charge in [0.2, 0.25) is 0 Å². The summed E-state index contributed by atoms with van der Waals surface area (Å²) in [7, 11) is 0. The van der Waals surface area contributed by atoms with Gasteiger partial charge in [-0.05, 0) is 49.0 Å². The number of hydrogen-bond acceptors (Lipinski definition) is 2. The molecule has 0 unspecified atom stereocenters. The molecular weight excluding hydrogens is 395 g/mol. The molecule has 0 radical (unpaired) electrons. The summed E-state index contributed by atoms with van der Waals surface area (Å²) in [5.41, 5.74) is 1.46. The van der Waals surface area contributed by atoms with Crippen LogP contribution in [0.25, 0.3) is 0 Å². The molecule has 2 aromatic carbocycles. The molecule has 3 nitrogen and oxygen atoms in total. The predicted molar refractivity (Wildman–Crippen MR) is 108 cm³/mol. The van der Waals surface area contributed by atoms with Crippen LogP contribution in [0.15, 0.2) is 42.5 Å². The van der Waals surface area contributed by atoms with Gasteiger partial charge < -0.3 is 15.1 Å². The molecule has 2 aromatic rings. The molecule has 1 N–H and O–H groups in total. The number of hydrogen-bond donors (Lipinski definition) is 1. The van der Waals surface area contributed by atoms with Crippen molar-refractivity contribution in [3.05, 3.63) is 58.6 Å². The number of nitrogens with zero attached hydrogens (tertiary/aromatic N) is 2. The highest BCUT2D eigenvalue weighted by molar-refractivity contribution is 7.80. The van der Waals surface area contributed by atoms with Crippen LogP contribution in [0.3, 0.4) is 0 Å². The number of piperazine rings is 1. The third kappa shape index (κ3) is 4.65. The molecule has 1 saturated heterocycles. The zero-order valence-electron chi connectivity index (χ0n) is 14.7. The Kier molecular flexibility index (Phi) is 5.81. The fourth-order valence-corrected chi connectivity index (χ4v) is 3.57. The number of rotatable bonds is 2. The first-order valence-electron chi connectivity index (χ1n) is 8.49. The number of thiocarbonyl (C=S) groups is 1. The van der Waals surface area contributed by atoms with Gasteiger partial charge in [-0.2, -0.15) is 13.2 Å². The lowest BCUT2D eigenvalue weighted by Crippen LogP contribution is -2.50. The molecule has 27 heavy (non-hydrogen) atoms. The van der Waals surface area contributed by atoms with Gasteiger partial charge in [0.1, 0.15) is 0 Å². The Morgan fingerprint density at radius 2 is 1.74 bits per heavy atom. The van der Waals surface area contributed by atoms with Crippen LogP contribution in [-0.2, 0) is 6.18 Å². The molecule has 0 spiro atoms. The van der Waals surface area contributed by atoms with E-state index >= 15 is 0 Å². The topological polar surface area (TPSA) is 18.5 Å². The molecule has 1 aliphatic rings. The maximum Gasteiger partial charge on any atom is 0.418 e. The largest absolute Gasteiger partial charge is 0.418 e. The first-order chi connectivity index (χ1) is 12.8. The summed E-state index contributed by atoms with van der Waals surface area (Å²) in [5.74, 6) is 0. The fourth-order valence-electron chi connectivity index (χ4n) is 3.11. The van der Waals surface area contributed by atoms with E-state index in [0.29, 0.717) is 36.3 Å². The Morgan fingerprint density at radius 1 is 1.07 bits per heavy atom. The number of halogens is 4. The normalized spacial score (nSPS) is 15.0. The highest BCUT2D eigenvalue weighted by Crippen LogP contribution is 2.34. The Morgan fingerprint density at radius 3 is 2.41 bits per heavy atom. The van der Waals surface area contributed by atoms with Gasteiger partial charge >= 0.3 is 6.18 Å². The Labute approximate surface area is 166 Å². The summed E-state index contributed by atoms with van der Waals surface area (Å²) in [6.45, 7) is 4.68. The van der Waals surface area contributed by atoms with E-state index in [9.17, 15) is 13.2 Å². The highest BCUT2D eigenvalue weighted by atomic mass is 35.5. The van der Waals surface area contributed by atoms with Crippen molar-refractivity contribution in [1.29, 1.82) is 0 Å². The maximum absolute atomic E-state index is 13.1. The van der Waals surface area contributed by atoms with Crippen molar-refractivity contribution in [1.82, 2.24) is 4.90 Å².